The van der Waals surface area contributed by atoms with Gasteiger partial charge in [0.2, 0.25) is 6.04 Å². The molecule has 1 heterocycles. The lowest BCUT2D eigenvalue weighted by atomic mass is 9.63. The van der Waals surface area contributed by atoms with Gasteiger partial charge in [0.1, 0.15) is 0 Å². The van der Waals surface area contributed by atoms with Crippen LogP contribution in [0.3, 0.4) is 0 Å². The highest BCUT2D eigenvalue weighted by atomic mass is 35.5. The Bertz CT molecular complexity index is 547. The minimum atomic E-state index is -0.393. The second-order valence-corrected chi connectivity index (χ2v) is 6.76. The second kappa shape index (κ2) is 6.20. The summed E-state index contributed by atoms with van der Waals surface area (Å²) in [5.41, 5.74) is 1.12. The Kier molecular flexibility index (Phi) is 4.45. The van der Waals surface area contributed by atoms with Crippen LogP contribution in [-0.2, 0) is 14.9 Å². The van der Waals surface area contributed by atoms with Crippen molar-refractivity contribution in [3.8, 4) is 0 Å². The average Bonchev–Trinajstić information content (AvgIpc) is 3.00. The van der Waals surface area contributed by atoms with Crippen LogP contribution in [0.25, 0.3) is 4.85 Å². The third-order valence-corrected chi connectivity index (χ3v) is 5.57. The smallest absolute Gasteiger partial charge is 0.232 e. The predicted molar refractivity (Wildman–Crippen MR) is 86.9 cm³/mol. The Labute approximate surface area is 137 Å². The van der Waals surface area contributed by atoms with Gasteiger partial charge in [0.15, 0.2) is 5.79 Å². The monoisotopic (exact) mass is 319 g/mol. The minimum absolute atomic E-state index is 0.00701. The molecule has 0 bridgehead atoms. The van der Waals surface area contributed by atoms with Crippen molar-refractivity contribution >= 4 is 11.6 Å². The highest BCUT2D eigenvalue weighted by molar-refractivity contribution is 6.30. The number of ether oxygens (including phenoxy) is 2. The van der Waals surface area contributed by atoms with Crippen LogP contribution >= 0.6 is 11.6 Å². The van der Waals surface area contributed by atoms with Crippen molar-refractivity contribution in [3.05, 3.63) is 46.3 Å². The van der Waals surface area contributed by atoms with Crippen LogP contribution in [-0.4, -0.2) is 25.0 Å². The van der Waals surface area contributed by atoms with E-state index in [1.54, 1.807) is 0 Å². The summed E-state index contributed by atoms with van der Waals surface area (Å²) in [6.45, 7) is 11.1. The van der Waals surface area contributed by atoms with Crippen LogP contribution in [0.15, 0.2) is 24.3 Å². The van der Waals surface area contributed by atoms with Crippen molar-refractivity contribution in [2.45, 2.75) is 56.3 Å². The van der Waals surface area contributed by atoms with Gasteiger partial charge in [0.25, 0.3) is 0 Å². The van der Waals surface area contributed by atoms with Crippen molar-refractivity contribution in [1.82, 2.24) is 0 Å². The molecule has 1 aliphatic carbocycles. The maximum atomic E-state index is 7.65. The van der Waals surface area contributed by atoms with Gasteiger partial charge in [0.05, 0.1) is 18.6 Å². The molecule has 22 heavy (non-hydrogen) atoms. The number of hydrogen-bond donors (Lipinski definition) is 0. The number of rotatable bonds is 3. The van der Waals surface area contributed by atoms with Crippen LogP contribution in [0.4, 0.5) is 0 Å². The third-order valence-electron chi connectivity index (χ3n) is 5.32. The van der Waals surface area contributed by atoms with E-state index in [1.807, 2.05) is 12.1 Å². The van der Waals surface area contributed by atoms with Gasteiger partial charge >= 0.3 is 0 Å². The molecule has 2 aliphatic rings. The van der Waals surface area contributed by atoms with Crippen LogP contribution in [0.1, 0.15) is 44.6 Å². The molecule has 1 spiro atoms. The number of hydrogen-bond acceptors (Lipinski definition) is 2. The fourth-order valence-corrected chi connectivity index (χ4v) is 4.19. The zero-order valence-corrected chi connectivity index (χ0v) is 13.7. The molecule has 1 aromatic carbocycles. The standard InChI is InChI=1S/C18H22ClNO2/c1-3-16(20-2)17(14-4-6-15(19)7-5-14)8-10-18(11-9-17)21-12-13-22-18/h4-7,16H,3,8-13H2,1H3. The van der Waals surface area contributed by atoms with Gasteiger partial charge in [-0.1, -0.05) is 30.7 Å². The normalized spacial score (nSPS) is 24.0. The van der Waals surface area contributed by atoms with E-state index in [2.05, 4.69) is 23.9 Å². The molecule has 0 N–H and O–H groups in total. The number of benzene rings is 1. The lowest BCUT2D eigenvalue weighted by Gasteiger charge is -2.44. The van der Waals surface area contributed by atoms with E-state index in [0.717, 1.165) is 37.1 Å². The molecule has 1 atom stereocenters. The van der Waals surface area contributed by atoms with Crippen LogP contribution < -0.4 is 0 Å². The summed E-state index contributed by atoms with van der Waals surface area (Å²) in [5.74, 6) is -0.393. The summed E-state index contributed by atoms with van der Waals surface area (Å²) < 4.78 is 11.7. The Morgan fingerprint density at radius 3 is 2.23 bits per heavy atom. The fraction of sp³-hybridized carbons (Fsp3) is 0.611. The number of halogens is 1. The van der Waals surface area contributed by atoms with Crippen molar-refractivity contribution in [2.24, 2.45) is 0 Å². The van der Waals surface area contributed by atoms with E-state index >= 15 is 0 Å². The quantitative estimate of drug-likeness (QED) is 0.760. The third kappa shape index (κ3) is 2.65. The number of nitrogens with zero attached hydrogens (tertiary/aromatic N) is 1. The van der Waals surface area contributed by atoms with Crippen molar-refractivity contribution in [3.63, 3.8) is 0 Å². The average molecular weight is 320 g/mol. The van der Waals surface area contributed by atoms with E-state index in [-0.39, 0.29) is 11.5 Å². The molecular formula is C18H22ClNO2. The van der Waals surface area contributed by atoms with Gasteiger partial charge in [-0.25, -0.2) is 6.57 Å². The zero-order chi connectivity index (χ0) is 15.6. The highest BCUT2D eigenvalue weighted by Crippen LogP contribution is 2.49. The summed E-state index contributed by atoms with van der Waals surface area (Å²) in [5, 5.41) is 0.740. The van der Waals surface area contributed by atoms with Gasteiger partial charge < -0.3 is 14.3 Å². The molecule has 3 nitrogen and oxygen atoms in total. The van der Waals surface area contributed by atoms with E-state index in [9.17, 15) is 0 Å². The highest BCUT2D eigenvalue weighted by Gasteiger charge is 2.52. The molecule has 1 saturated heterocycles. The van der Waals surface area contributed by atoms with Crippen LogP contribution in [0, 0.1) is 6.57 Å². The van der Waals surface area contributed by atoms with Crippen molar-refractivity contribution in [2.75, 3.05) is 13.2 Å². The topological polar surface area (TPSA) is 22.8 Å². The lowest BCUT2D eigenvalue weighted by Crippen LogP contribution is -2.47. The van der Waals surface area contributed by atoms with Crippen LogP contribution in [0.5, 0.6) is 0 Å². The summed E-state index contributed by atoms with van der Waals surface area (Å²) in [6.07, 6.45) is 4.44. The molecule has 2 fully saturated rings. The summed E-state index contributed by atoms with van der Waals surface area (Å²) in [6, 6.07) is 8.03. The second-order valence-electron chi connectivity index (χ2n) is 6.32. The Morgan fingerprint density at radius 1 is 1.14 bits per heavy atom. The molecule has 118 valence electrons. The molecule has 0 aromatic heterocycles. The molecular weight excluding hydrogens is 298 g/mol. The van der Waals surface area contributed by atoms with Gasteiger partial charge in [-0.15, -0.1) is 0 Å². The molecule has 1 saturated carbocycles. The SMILES string of the molecule is [C-]#[N+]C(CC)C1(c2ccc(Cl)cc2)CCC2(CC1)OCCO2. The van der Waals surface area contributed by atoms with Crippen LogP contribution in [0.2, 0.25) is 5.02 Å². The Morgan fingerprint density at radius 2 is 1.73 bits per heavy atom. The summed E-state index contributed by atoms with van der Waals surface area (Å²) in [4.78, 5) is 3.95. The maximum Gasteiger partial charge on any atom is 0.232 e. The molecule has 4 heteroatoms. The summed E-state index contributed by atoms with van der Waals surface area (Å²) in [7, 11) is 0. The first-order valence-corrected chi connectivity index (χ1v) is 8.42. The first-order valence-electron chi connectivity index (χ1n) is 8.05. The van der Waals surface area contributed by atoms with E-state index in [4.69, 9.17) is 27.6 Å². The maximum absolute atomic E-state index is 7.65. The zero-order valence-electron chi connectivity index (χ0n) is 13.0. The van der Waals surface area contributed by atoms with E-state index in [1.165, 1.54) is 5.56 Å². The fourth-order valence-electron chi connectivity index (χ4n) is 4.06. The molecule has 3 rings (SSSR count). The van der Waals surface area contributed by atoms with E-state index < -0.39 is 5.79 Å². The first kappa shape index (κ1) is 15.8. The van der Waals surface area contributed by atoms with Gasteiger partial charge in [-0.05, 0) is 30.5 Å². The molecule has 1 aromatic rings. The summed E-state index contributed by atoms with van der Waals surface area (Å²) >= 11 is 6.04. The largest absolute Gasteiger partial charge is 0.348 e. The van der Waals surface area contributed by atoms with Gasteiger partial charge in [0, 0.05) is 24.3 Å². The minimum Gasteiger partial charge on any atom is -0.348 e. The molecule has 0 radical (unpaired) electrons. The van der Waals surface area contributed by atoms with Gasteiger partial charge in [-0.3, -0.25) is 0 Å². The Hall–Kier alpha value is -1.08. The molecule has 1 aliphatic heterocycles. The predicted octanol–water partition coefficient (Wildman–Crippen LogP) is 4.59. The molecule has 0 amide bonds. The van der Waals surface area contributed by atoms with Crippen molar-refractivity contribution in [1.29, 1.82) is 0 Å². The first-order chi connectivity index (χ1) is 10.6. The van der Waals surface area contributed by atoms with Crippen molar-refractivity contribution < 1.29 is 9.47 Å². The molecule has 1 unspecified atom stereocenters. The van der Waals surface area contributed by atoms with Gasteiger partial charge in [-0.2, -0.15) is 0 Å². The lowest BCUT2D eigenvalue weighted by molar-refractivity contribution is -0.185. The van der Waals surface area contributed by atoms with E-state index in [0.29, 0.717) is 13.2 Å². The Balaban J connectivity index is 1.92.